The lowest BCUT2D eigenvalue weighted by Gasteiger charge is -2.26. The number of nitriles is 1. The van der Waals surface area contributed by atoms with Gasteiger partial charge in [-0.25, -0.2) is 4.39 Å². The van der Waals surface area contributed by atoms with Gasteiger partial charge in [-0.15, -0.1) is 0 Å². The molecule has 0 aliphatic heterocycles. The zero-order valence-electron chi connectivity index (χ0n) is 10.8. The molecule has 1 N–H and O–H groups in total. The van der Waals surface area contributed by atoms with E-state index >= 15 is 0 Å². The smallest absolute Gasteiger partial charge is 0.123 e. The zero-order chi connectivity index (χ0) is 14.0. The summed E-state index contributed by atoms with van der Waals surface area (Å²) in [4.78, 5) is 0. The van der Waals surface area contributed by atoms with E-state index in [0.717, 1.165) is 0 Å². The van der Waals surface area contributed by atoms with Crippen LogP contribution in [0.25, 0.3) is 0 Å². The van der Waals surface area contributed by atoms with Crippen LogP contribution in [0.3, 0.4) is 0 Å². The van der Waals surface area contributed by atoms with Crippen molar-refractivity contribution in [3.8, 4) is 6.07 Å². The fourth-order valence-electron chi connectivity index (χ4n) is 2.20. The molecule has 3 heteroatoms. The molecule has 1 unspecified atom stereocenters. The molecule has 0 amide bonds. The van der Waals surface area contributed by atoms with E-state index in [0.29, 0.717) is 22.3 Å². The predicted octanol–water partition coefficient (Wildman–Crippen LogP) is 3.26. The van der Waals surface area contributed by atoms with Gasteiger partial charge in [-0.1, -0.05) is 18.2 Å². The van der Waals surface area contributed by atoms with Crippen molar-refractivity contribution >= 4 is 0 Å². The Kier molecular flexibility index (Phi) is 3.37. The second-order valence-corrected chi connectivity index (χ2v) is 4.72. The Bertz CT molecular complexity index is 639. The lowest BCUT2D eigenvalue weighted by molar-refractivity contribution is 0.101. The van der Waals surface area contributed by atoms with Gasteiger partial charge in [-0.3, -0.25) is 0 Å². The molecule has 19 heavy (non-hydrogen) atoms. The molecule has 0 saturated carbocycles. The number of halogens is 1. The van der Waals surface area contributed by atoms with Gasteiger partial charge in [0.1, 0.15) is 11.4 Å². The number of aliphatic hydroxyl groups is 1. The molecule has 2 aromatic carbocycles. The Labute approximate surface area is 111 Å². The van der Waals surface area contributed by atoms with Gasteiger partial charge in [0.15, 0.2) is 0 Å². The standard InChI is InChI=1S/C16H14FNO/c1-11-9-14(17)7-8-15(11)16(2,19)13-5-3-12(10-18)4-6-13/h3-9,19H,1-2H3. The van der Waals surface area contributed by atoms with E-state index in [9.17, 15) is 9.50 Å². The third kappa shape index (κ3) is 2.49. The van der Waals surface area contributed by atoms with Crippen LogP contribution in [0.1, 0.15) is 29.2 Å². The fourth-order valence-corrected chi connectivity index (χ4v) is 2.20. The summed E-state index contributed by atoms with van der Waals surface area (Å²) < 4.78 is 13.1. The minimum Gasteiger partial charge on any atom is -0.381 e. The first-order valence-electron chi connectivity index (χ1n) is 5.95. The molecule has 0 aliphatic rings. The maximum atomic E-state index is 13.1. The van der Waals surface area contributed by atoms with Crippen molar-refractivity contribution in [1.82, 2.24) is 0 Å². The highest BCUT2D eigenvalue weighted by Gasteiger charge is 2.27. The second kappa shape index (κ2) is 4.83. The van der Waals surface area contributed by atoms with E-state index in [1.165, 1.54) is 12.1 Å². The summed E-state index contributed by atoms with van der Waals surface area (Å²) in [5.41, 5.74) is 1.33. The van der Waals surface area contributed by atoms with Gasteiger partial charge in [-0.05, 0) is 54.8 Å². The zero-order valence-corrected chi connectivity index (χ0v) is 10.8. The molecule has 0 bridgehead atoms. The van der Waals surface area contributed by atoms with Crippen LogP contribution in [-0.2, 0) is 5.60 Å². The molecule has 0 fully saturated rings. The maximum absolute atomic E-state index is 13.1. The van der Waals surface area contributed by atoms with E-state index < -0.39 is 5.60 Å². The lowest BCUT2D eigenvalue weighted by atomic mass is 9.85. The molecular weight excluding hydrogens is 241 g/mol. The SMILES string of the molecule is Cc1cc(F)ccc1C(C)(O)c1ccc(C#N)cc1. The quantitative estimate of drug-likeness (QED) is 0.895. The van der Waals surface area contributed by atoms with Gasteiger partial charge >= 0.3 is 0 Å². The first-order chi connectivity index (χ1) is 8.95. The van der Waals surface area contributed by atoms with E-state index in [4.69, 9.17) is 5.26 Å². The Balaban J connectivity index is 2.48. The predicted molar refractivity (Wildman–Crippen MR) is 71.0 cm³/mol. The largest absolute Gasteiger partial charge is 0.381 e. The van der Waals surface area contributed by atoms with Crippen LogP contribution < -0.4 is 0 Å². The van der Waals surface area contributed by atoms with Crippen LogP contribution in [0, 0.1) is 24.1 Å². The van der Waals surface area contributed by atoms with Crippen LogP contribution >= 0.6 is 0 Å². The molecular formula is C16H14FNO. The number of nitrogens with zero attached hydrogens (tertiary/aromatic N) is 1. The number of hydrogen-bond acceptors (Lipinski definition) is 2. The first-order valence-corrected chi connectivity index (χ1v) is 5.95. The summed E-state index contributed by atoms with van der Waals surface area (Å²) in [6.07, 6.45) is 0. The van der Waals surface area contributed by atoms with Crippen molar-refractivity contribution in [3.63, 3.8) is 0 Å². The summed E-state index contributed by atoms with van der Waals surface area (Å²) in [6.45, 7) is 3.42. The molecule has 0 aliphatic carbocycles. The maximum Gasteiger partial charge on any atom is 0.123 e. The average molecular weight is 255 g/mol. The van der Waals surface area contributed by atoms with Crippen LogP contribution in [0.4, 0.5) is 4.39 Å². The normalized spacial score (nSPS) is 13.6. The lowest BCUT2D eigenvalue weighted by Crippen LogP contribution is -2.24. The van der Waals surface area contributed by atoms with Gasteiger partial charge < -0.3 is 5.11 Å². The molecule has 2 rings (SSSR count). The number of rotatable bonds is 2. The van der Waals surface area contributed by atoms with Crippen molar-refractivity contribution in [2.24, 2.45) is 0 Å². The van der Waals surface area contributed by atoms with Gasteiger partial charge in [0.2, 0.25) is 0 Å². The van der Waals surface area contributed by atoms with Crippen molar-refractivity contribution in [2.75, 3.05) is 0 Å². The summed E-state index contributed by atoms with van der Waals surface area (Å²) >= 11 is 0. The number of aryl methyl sites for hydroxylation is 1. The molecule has 1 atom stereocenters. The number of hydrogen-bond donors (Lipinski definition) is 1. The van der Waals surface area contributed by atoms with Gasteiger partial charge in [0.05, 0.1) is 11.6 Å². The summed E-state index contributed by atoms with van der Waals surface area (Å²) in [6, 6.07) is 13.1. The number of benzene rings is 2. The highest BCUT2D eigenvalue weighted by atomic mass is 19.1. The molecule has 0 spiro atoms. The summed E-state index contributed by atoms with van der Waals surface area (Å²) in [7, 11) is 0. The molecule has 96 valence electrons. The molecule has 0 radical (unpaired) electrons. The second-order valence-electron chi connectivity index (χ2n) is 4.72. The van der Waals surface area contributed by atoms with Crippen molar-refractivity contribution in [3.05, 3.63) is 70.5 Å². The van der Waals surface area contributed by atoms with Crippen molar-refractivity contribution in [1.29, 1.82) is 5.26 Å². The van der Waals surface area contributed by atoms with E-state index in [1.54, 1.807) is 44.2 Å². The minimum absolute atomic E-state index is 0.322. The summed E-state index contributed by atoms with van der Waals surface area (Å²) in [5, 5.41) is 19.5. The molecule has 2 nitrogen and oxygen atoms in total. The van der Waals surface area contributed by atoms with Crippen LogP contribution in [0.2, 0.25) is 0 Å². The van der Waals surface area contributed by atoms with Crippen LogP contribution in [0.5, 0.6) is 0 Å². The Morgan fingerprint density at radius 1 is 1.16 bits per heavy atom. The van der Waals surface area contributed by atoms with E-state index in [2.05, 4.69) is 0 Å². The third-order valence-corrected chi connectivity index (χ3v) is 3.29. The Morgan fingerprint density at radius 2 is 1.79 bits per heavy atom. The summed E-state index contributed by atoms with van der Waals surface area (Å²) in [5.74, 6) is -0.322. The minimum atomic E-state index is -1.22. The Morgan fingerprint density at radius 3 is 2.32 bits per heavy atom. The van der Waals surface area contributed by atoms with E-state index in [-0.39, 0.29) is 5.82 Å². The molecule has 2 aromatic rings. The highest BCUT2D eigenvalue weighted by Crippen LogP contribution is 2.31. The van der Waals surface area contributed by atoms with E-state index in [1.807, 2.05) is 6.07 Å². The van der Waals surface area contributed by atoms with Crippen molar-refractivity contribution in [2.45, 2.75) is 19.4 Å². The monoisotopic (exact) mass is 255 g/mol. The highest BCUT2D eigenvalue weighted by molar-refractivity contribution is 5.42. The third-order valence-electron chi connectivity index (χ3n) is 3.29. The van der Waals surface area contributed by atoms with Crippen LogP contribution in [0.15, 0.2) is 42.5 Å². The van der Waals surface area contributed by atoms with Crippen LogP contribution in [-0.4, -0.2) is 5.11 Å². The average Bonchev–Trinajstić information content (AvgIpc) is 2.38. The van der Waals surface area contributed by atoms with Gasteiger partial charge in [0.25, 0.3) is 0 Å². The van der Waals surface area contributed by atoms with Gasteiger partial charge in [-0.2, -0.15) is 5.26 Å². The fraction of sp³-hybridized carbons (Fsp3) is 0.188. The first kappa shape index (κ1) is 13.3. The van der Waals surface area contributed by atoms with Gasteiger partial charge in [0, 0.05) is 0 Å². The topological polar surface area (TPSA) is 44.0 Å². The molecule has 0 aromatic heterocycles. The molecule has 0 heterocycles. The molecule has 0 saturated heterocycles. The Hall–Kier alpha value is -2.18. The van der Waals surface area contributed by atoms with Crippen molar-refractivity contribution < 1.29 is 9.50 Å².